The predicted octanol–water partition coefficient (Wildman–Crippen LogP) is 2.72. The Morgan fingerprint density at radius 2 is 1.77 bits per heavy atom. The summed E-state index contributed by atoms with van der Waals surface area (Å²) in [5.41, 5.74) is 0.463. The minimum absolute atomic E-state index is 0.463. The predicted molar refractivity (Wildman–Crippen MR) is 47.6 cm³/mol. The molecule has 13 heavy (non-hydrogen) atoms. The normalized spacial score (nSPS) is 29.5. The van der Waals surface area contributed by atoms with Crippen molar-refractivity contribution in [1.29, 1.82) is 0 Å². The van der Waals surface area contributed by atoms with Crippen molar-refractivity contribution in [3.63, 3.8) is 0 Å². The fourth-order valence-electron chi connectivity index (χ4n) is 3.02. The molecule has 0 atom stereocenters. The molecule has 0 aromatic heterocycles. The van der Waals surface area contributed by atoms with Crippen molar-refractivity contribution in [2.75, 3.05) is 13.1 Å². The van der Waals surface area contributed by atoms with Crippen LogP contribution in [0.4, 0.5) is 8.78 Å². The topological polar surface area (TPSA) is 3.24 Å². The standard InChI is InChI=1S/C10H17F2N/c1-8-6-10(7-8)2-4-13(5-3-10)9(11)12/h8-9H,2-7H2,1H3. The van der Waals surface area contributed by atoms with Crippen LogP contribution in [0.1, 0.15) is 32.6 Å². The van der Waals surface area contributed by atoms with E-state index in [1.807, 2.05) is 0 Å². The van der Waals surface area contributed by atoms with E-state index in [0.29, 0.717) is 18.5 Å². The Hall–Kier alpha value is -0.180. The van der Waals surface area contributed by atoms with E-state index in [9.17, 15) is 8.78 Å². The van der Waals surface area contributed by atoms with Gasteiger partial charge in [0.1, 0.15) is 0 Å². The SMILES string of the molecule is CC1CC2(CCN(C(F)F)CC2)C1. The van der Waals surface area contributed by atoms with E-state index in [2.05, 4.69) is 6.92 Å². The Morgan fingerprint density at radius 1 is 1.23 bits per heavy atom. The Balaban J connectivity index is 1.83. The van der Waals surface area contributed by atoms with Crippen LogP contribution in [0.2, 0.25) is 0 Å². The lowest BCUT2D eigenvalue weighted by Crippen LogP contribution is -2.47. The van der Waals surface area contributed by atoms with Gasteiger partial charge in [0.15, 0.2) is 0 Å². The summed E-state index contributed by atoms with van der Waals surface area (Å²) in [5.74, 6) is 0.832. The van der Waals surface area contributed by atoms with Gasteiger partial charge in [-0.15, -0.1) is 0 Å². The third-order valence-corrected chi connectivity index (χ3v) is 3.70. The molecule has 1 aliphatic carbocycles. The maximum absolute atomic E-state index is 12.3. The molecule has 0 radical (unpaired) electrons. The van der Waals surface area contributed by atoms with E-state index >= 15 is 0 Å². The van der Waals surface area contributed by atoms with Gasteiger partial charge in [0, 0.05) is 13.1 Å². The van der Waals surface area contributed by atoms with Crippen LogP contribution in [0.15, 0.2) is 0 Å². The van der Waals surface area contributed by atoms with Gasteiger partial charge in [0.2, 0.25) is 0 Å². The summed E-state index contributed by atoms with van der Waals surface area (Å²) in [7, 11) is 0. The van der Waals surface area contributed by atoms with Crippen molar-refractivity contribution in [3.05, 3.63) is 0 Å². The van der Waals surface area contributed by atoms with E-state index in [-0.39, 0.29) is 0 Å². The summed E-state index contributed by atoms with van der Waals surface area (Å²) >= 11 is 0. The minimum Gasteiger partial charge on any atom is -0.247 e. The number of alkyl halides is 2. The van der Waals surface area contributed by atoms with E-state index in [0.717, 1.165) is 18.8 Å². The molecule has 1 aliphatic heterocycles. The van der Waals surface area contributed by atoms with Crippen LogP contribution in [0.5, 0.6) is 0 Å². The van der Waals surface area contributed by atoms with E-state index in [1.54, 1.807) is 0 Å². The summed E-state index contributed by atoms with van der Waals surface area (Å²) in [6, 6.07) is 0. The monoisotopic (exact) mass is 189 g/mol. The Bertz CT molecular complexity index is 177. The summed E-state index contributed by atoms with van der Waals surface area (Å²) in [6.07, 6.45) is 4.51. The summed E-state index contributed by atoms with van der Waals surface area (Å²) < 4.78 is 24.6. The van der Waals surface area contributed by atoms with Gasteiger partial charge in [0.25, 0.3) is 6.55 Å². The molecule has 2 aliphatic rings. The van der Waals surface area contributed by atoms with Crippen LogP contribution in [0.3, 0.4) is 0 Å². The second kappa shape index (κ2) is 3.19. The molecule has 1 nitrogen and oxygen atoms in total. The van der Waals surface area contributed by atoms with Crippen LogP contribution in [-0.4, -0.2) is 24.5 Å². The van der Waals surface area contributed by atoms with Crippen LogP contribution in [0, 0.1) is 11.3 Å². The second-order valence-corrected chi connectivity index (χ2v) is 4.83. The summed E-state index contributed by atoms with van der Waals surface area (Å²) in [4.78, 5) is 1.30. The fraction of sp³-hybridized carbons (Fsp3) is 1.00. The second-order valence-electron chi connectivity index (χ2n) is 4.83. The number of rotatable bonds is 1. The zero-order chi connectivity index (χ0) is 9.47. The Labute approximate surface area is 78.1 Å². The van der Waals surface area contributed by atoms with E-state index in [4.69, 9.17) is 0 Å². The van der Waals surface area contributed by atoms with Gasteiger partial charge in [-0.05, 0) is 37.0 Å². The number of halogens is 2. The number of piperidine rings is 1. The van der Waals surface area contributed by atoms with E-state index < -0.39 is 6.55 Å². The van der Waals surface area contributed by atoms with Gasteiger partial charge in [-0.1, -0.05) is 6.92 Å². The molecule has 0 aromatic rings. The molecule has 2 fully saturated rings. The smallest absolute Gasteiger partial charge is 0.247 e. The zero-order valence-electron chi connectivity index (χ0n) is 8.10. The van der Waals surface area contributed by atoms with Gasteiger partial charge in [0.05, 0.1) is 0 Å². The molecule has 3 heteroatoms. The van der Waals surface area contributed by atoms with Crippen LogP contribution in [-0.2, 0) is 0 Å². The number of likely N-dealkylation sites (tertiary alicyclic amines) is 1. The zero-order valence-corrected chi connectivity index (χ0v) is 8.10. The molecule has 1 heterocycles. The Kier molecular flexibility index (Phi) is 2.30. The van der Waals surface area contributed by atoms with Gasteiger partial charge in [-0.3, -0.25) is 0 Å². The quantitative estimate of drug-likeness (QED) is 0.573. The molecule has 1 saturated heterocycles. The Morgan fingerprint density at radius 3 is 2.15 bits per heavy atom. The van der Waals surface area contributed by atoms with Crippen molar-refractivity contribution in [1.82, 2.24) is 4.90 Å². The highest BCUT2D eigenvalue weighted by atomic mass is 19.3. The number of hydrogen-bond acceptors (Lipinski definition) is 1. The average Bonchev–Trinajstić information content (AvgIpc) is 2.03. The lowest BCUT2D eigenvalue weighted by atomic mass is 9.58. The molecule has 0 unspecified atom stereocenters. The molecule has 1 spiro atoms. The first-order valence-electron chi connectivity index (χ1n) is 5.14. The van der Waals surface area contributed by atoms with Gasteiger partial charge >= 0.3 is 0 Å². The van der Waals surface area contributed by atoms with Crippen molar-refractivity contribution in [2.24, 2.45) is 11.3 Å². The van der Waals surface area contributed by atoms with E-state index in [1.165, 1.54) is 17.7 Å². The molecule has 0 amide bonds. The van der Waals surface area contributed by atoms with Crippen LogP contribution >= 0.6 is 0 Å². The lowest BCUT2D eigenvalue weighted by Gasteiger charge is -2.51. The van der Waals surface area contributed by atoms with Crippen molar-refractivity contribution < 1.29 is 8.78 Å². The third-order valence-electron chi connectivity index (χ3n) is 3.70. The first-order valence-corrected chi connectivity index (χ1v) is 5.14. The average molecular weight is 189 g/mol. The van der Waals surface area contributed by atoms with Crippen molar-refractivity contribution in [2.45, 2.75) is 39.2 Å². The lowest BCUT2D eigenvalue weighted by molar-refractivity contribution is -0.0855. The van der Waals surface area contributed by atoms with Crippen molar-refractivity contribution >= 4 is 0 Å². The molecule has 0 N–H and O–H groups in total. The van der Waals surface area contributed by atoms with Crippen LogP contribution < -0.4 is 0 Å². The van der Waals surface area contributed by atoms with Gasteiger partial charge < -0.3 is 0 Å². The third kappa shape index (κ3) is 1.71. The molecule has 2 rings (SSSR count). The maximum Gasteiger partial charge on any atom is 0.294 e. The minimum atomic E-state index is -2.24. The first kappa shape index (κ1) is 9.38. The highest BCUT2D eigenvalue weighted by molar-refractivity contribution is 4.95. The van der Waals surface area contributed by atoms with Gasteiger partial charge in [-0.25, -0.2) is 4.90 Å². The highest BCUT2D eigenvalue weighted by Gasteiger charge is 2.44. The first-order chi connectivity index (χ1) is 6.11. The fourth-order valence-corrected chi connectivity index (χ4v) is 3.02. The molecular weight excluding hydrogens is 172 g/mol. The molecular formula is C10H17F2N. The largest absolute Gasteiger partial charge is 0.294 e. The number of nitrogens with zero attached hydrogens (tertiary/aromatic N) is 1. The number of hydrogen-bond donors (Lipinski definition) is 0. The molecule has 0 aromatic carbocycles. The molecule has 0 bridgehead atoms. The molecule has 76 valence electrons. The highest BCUT2D eigenvalue weighted by Crippen LogP contribution is 2.52. The molecule has 1 saturated carbocycles. The van der Waals surface area contributed by atoms with Crippen LogP contribution in [0.25, 0.3) is 0 Å². The maximum atomic E-state index is 12.3. The van der Waals surface area contributed by atoms with Crippen molar-refractivity contribution in [3.8, 4) is 0 Å². The summed E-state index contributed by atoms with van der Waals surface area (Å²) in [6.45, 7) is 1.22. The summed E-state index contributed by atoms with van der Waals surface area (Å²) in [5, 5.41) is 0. The van der Waals surface area contributed by atoms with Gasteiger partial charge in [-0.2, -0.15) is 8.78 Å².